The summed E-state index contributed by atoms with van der Waals surface area (Å²) in [7, 11) is 0. The average Bonchev–Trinajstić information content (AvgIpc) is 2.46. The van der Waals surface area contributed by atoms with Crippen LogP contribution in [0.15, 0.2) is 40.5 Å². The molecule has 0 spiro atoms. The molecule has 0 fully saturated rings. The number of allylic oxidation sites excluding steroid dienone is 1. The number of aliphatic imine (C=N–C) groups is 1. The van der Waals surface area contributed by atoms with Gasteiger partial charge in [-0.05, 0) is 38.5 Å². The highest BCUT2D eigenvalue weighted by Crippen LogP contribution is 2.40. The third-order valence-corrected chi connectivity index (χ3v) is 4.03. The van der Waals surface area contributed by atoms with Crippen molar-refractivity contribution in [2.24, 2.45) is 10.9 Å². The zero-order valence-electron chi connectivity index (χ0n) is 13.2. The lowest BCUT2D eigenvalue weighted by Crippen LogP contribution is -2.35. The highest BCUT2D eigenvalue weighted by molar-refractivity contribution is 6.30. The SMILES string of the molecule is CCOC(=O)C1=C(C)N=C(C)C(C(=O)O)C1c1cccc(Cl)c1. The molecule has 5 nitrogen and oxygen atoms in total. The Morgan fingerprint density at radius 2 is 2.04 bits per heavy atom. The Morgan fingerprint density at radius 3 is 2.61 bits per heavy atom. The minimum Gasteiger partial charge on any atom is -0.481 e. The van der Waals surface area contributed by atoms with Gasteiger partial charge in [0.25, 0.3) is 0 Å². The molecule has 2 atom stereocenters. The summed E-state index contributed by atoms with van der Waals surface area (Å²) in [5, 5.41) is 10.1. The molecular weight excluding hydrogens is 318 g/mol. The van der Waals surface area contributed by atoms with E-state index in [-0.39, 0.29) is 12.2 Å². The number of aliphatic carboxylic acids is 1. The second kappa shape index (κ2) is 6.96. The second-order valence-electron chi connectivity index (χ2n) is 5.32. The van der Waals surface area contributed by atoms with Crippen molar-refractivity contribution in [1.82, 2.24) is 0 Å². The molecule has 6 heteroatoms. The summed E-state index contributed by atoms with van der Waals surface area (Å²) >= 11 is 6.04. The minimum atomic E-state index is -1.04. The number of halogens is 1. The molecule has 0 aliphatic carbocycles. The van der Waals surface area contributed by atoms with Gasteiger partial charge in [0.1, 0.15) is 5.92 Å². The fraction of sp³-hybridized carbons (Fsp3) is 0.353. The fourth-order valence-electron chi connectivity index (χ4n) is 2.89. The van der Waals surface area contributed by atoms with Gasteiger partial charge in [-0.15, -0.1) is 0 Å². The molecule has 0 saturated carbocycles. The first kappa shape index (κ1) is 17.2. The van der Waals surface area contributed by atoms with Gasteiger partial charge in [0.2, 0.25) is 0 Å². The van der Waals surface area contributed by atoms with Gasteiger partial charge in [0.05, 0.1) is 12.2 Å². The Bertz CT molecular complexity index is 708. The van der Waals surface area contributed by atoms with Crippen molar-refractivity contribution in [3.63, 3.8) is 0 Å². The first-order valence-corrected chi connectivity index (χ1v) is 7.66. The lowest BCUT2D eigenvalue weighted by Gasteiger charge is -2.30. The molecule has 23 heavy (non-hydrogen) atoms. The lowest BCUT2D eigenvalue weighted by atomic mass is 9.75. The van der Waals surface area contributed by atoms with E-state index in [1.165, 1.54) is 0 Å². The van der Waals surface area contributed by atoms with Gasteiger partial charge in [-0.2, -0.15) is 0 Å². The molecule has 0 radical (unpaired) electrons. The van der Waals surface area contributed by atoms with Crippen LogP contribution in [0.25, 0.3) is 0 Å². The maximum atomic E-state index is 12.4. The first-order valence-electron chi connectivity index (χ1n) is 7.28. The Balaban J connectivity index is 2.64. The number of benzene rings is 1. The van der Waals surface area contributed by atoms with Gasteiger partial charge < -0.3 is 9.84 Å². The van der Waals surface area contributed by atoms with Crippen molar-refractivity contribution in [2.75, 3.05) is 6.61 Å². The maximum Gasteiger partial charge on any atom is 0.336 e. The molecular formula is C17H18ClNO4. The van der Waals surface area contributed by atoms with Crippen molar-refractivity contribution in [1.29, 1.82) is 0 Å². The smallest absolute Gasteiger partial charge is 0.336 e. The largest absolute Gasteiger partial charge is 0.481 e. The van der Waals surface area contributed by atoms with E-state index in [1.807, 2.05) is 0 Å². The third-order valence-electron chi connectivity index (χ3n) is 3.80. The number of hydrogen-bond acceptors (Lipinski definition) is 4. The van der Waals surface area contributed by atoms with E-state index >= 15 is 0 Å². The Morgan fingerprint density at radius 1 is 1.35 bits per heavy atom. The number of hydrogen-bond donors (Lipinski definition) is 1. The topological polar surface area (TPSA) is 76.0 Å². The first-order chi connectivity index (χ1) is 10.9. The number of carbonyl (C=O) groups is 2. The highest BCUT2D eigenvalue weighted by Gasteiger charge is 2.41. The molecule has 1 aliphatic rings. The van der Waals surface area contributed by atoms with Crippen LogP contribution in [0, 0.1) is 5.92 Å². The summed E-state index contributed by atoms with van der Waals surface area (Å²) in [4.78, 5) is 28.4. The summed E-state index contributed by atoms with van der Waals surface area (Å²) < 4.78 is 5.11. The van der Waals surface area contributed by atoms with Crippen LogP contribution in [0.1, 0.15) is 32.3 Å². The van der Waals surface area contributed by atoms with E-state index in [4.69, 9.17) is 16.3 Å². The van der Waals surface area contributed by atoms with Crippen molar-refractivity contribution >= 4 is 29.3 Å². The predicted octanol–water partition coefficient (Wildman–Crippen LogP) is 3.44. The summed E-state index contributed by atoms with van der Waals surface area (Å²) in [6, 6.07) is 6.87. The van der Waals surface area contributed by atoms with Crippen molar-refractivity contribution < 1.29 is 19.4 Å². The molecule has 0 amide bonds. The number of rotatable bonds is 4. The van der Waals surface area contributed by atoms with E-state index < -0.39 is 23.8 Å². The molecule has 0 bridgehead atoms. The van der Waals surface area contributed by atoms with E-state index in [0.717, 1.165) is 0 Å². The molecule has 0 saturated heterocycles. The van der Waals surface area contributed by atoms with Gasteiger partial charge in [-0.25, -0.2) is 4.79 Å². The normalized spacial score (nSPS) is 21.0. The monoisotopic (exact) mass is 335 g/mol. The van der Waals surface area contributed by atoms with Crippen LogP contribution in [0.4, 0.5) is 0 Å². The minimum absolute atomic E-state index is 0.207. The number of carboxylic acid groups (broad SMARTS) is 1. The molecule has 1 aromatic rings. The van der Waals surface area contributed by atoms with Gasteiger partial charge in [-0.3, -0.25) is 9.79 Å². The fourth-order valence-corrected chi connectivity index (χ4v) is 3.09. The zero-order chi connectivity index (χ0) is 17.1. The highest BCUT2D eigenvalue weighted by atomic mass is 35.5. The number of nitrogens with zero attached hydrogens (tertiary/aromatic N) is 1. The van der Waals surface area contributed by atoms with Crippen LogP contribution in [-0.4, -0.2) is 29.4 Å². The summed E-state index contributed by atoms with van der Waals surface area (Å²) in [6.07, 6.45) is 0. The summed E-state index contributed by atoms with van der Waals surface area (Å²) in [5.41, 5.74) is 1.85. The van der Waals surface area contributed by atoms with Gasteiger partial charge in [0.15, 0.2) is 0 Å². The van der Waals surface area contributed by atoms with Crippen LogP contribution in [0.5, 0.6) is 0 Å². The Kier molecular flexibility index (Phi) is 5.21. The molecule has 1 heterocycles. The summed E-state index contributed by atoms with van der Waals surface area (Å²) in [6.45, 7) is 5.25. The van der Waals surface area contributed by atoms with Crippen LogP contribution in [0.3, 0.4) is 0 Å². The van der Waals surface area contributed by atoms with Crippen LogP contribution >= 0.6 is 11.6 Å². The maximum absolute atomic E-state index is 12.4. The van der Waals surface area contributed by atoms with Gasteiger partial charge in [-0.1, -0.05) is 23.7 Å². The van der Waals surface area contributed by atoms with Crippen molar-refractivity contribution in [2.45, 2.75) is 26.7 Å². The molecule has 122 valence electrons. The average molecular weight is 336 g/mol. The molecule has 2 unspecified atom stereocenters. The lowest BCUT2D eigenvalue weighted by molar-refractivity contribution is -0.141. The second-order valence-corrected chi connectivity index (χ2v) is 5.76. The third kappa shape index (κ3) is 3.45. The predicted molar refractivity (Wildman–Crippen MR) is 87.8 cm³/mol. The molecule has 1 aromatic carbocycles. The number of carboxylic acids is 1. The number of ether oxygens (including phenoxy) is 1. The quantitative estimate of drug-likeness (QED) is 0.855. The van der Waals surface area contributed by atoms with Crippen molar-refractivity contribution in [3.05, 3.63) is 46.1 Å². The molecule has 1 aliphatic heterocycles. The van der Waals surface area contributed by atoms with E-state index in [9.17, 15) is 14.7 Å². The van der Waals surface area contributed by atoms with E-state index in [0.29, 0.717) is 22.0 Å². The van der Waals surface area contributed by atoms with Crippen LogP contribution < -0.4 is 0 Å². The Hall–Kier alpha value is -2.14. The molecule has 2 rings (SSSR count). The van der Waals surface area contributed by atoms with Crippen LogP contribution in [0.2, 0.25) is 5.02 Å². The van der Waals surface area contributed by atoms with Crippen molar-refractivity contribution in [3.8, 4) is 0 Å². The van der Waals surface area contributed by atoms with Crippen LogP contribution in [-0.2, 0) is 14.3 Å². The van der Waals surface area contributed by atoms with E-state index in [2.05, 4.69) is 4.99 Å². The standard InChI is InChI=1S/C17H18ClNO4/c1-4-23-17(22)14-10(3)19-9(2)13(16(20)21)15(14)11-6-5-7-12(18)8-11/h5-8,13,15H,4H2,1-3H3,(H,20,21). The van der Waals surface area contributed by atoms with E-state index in [1.54, 1.807) is 45.0 Å². The molecule has 0 aromatic heterocycles. The van der Waals surface area contributed by atoms with Gasteiger partial charge in [0, 0.05) is 22.3 Å². The van der Waals surface area contributed by atoms with Gasteiger partial charge >= 0.3 is 11.9 Å². The number of carbonyl (C=O) groups excluding carboxylic acids is 1. The molecule has 1 N–H and O–H groups in total. The number of esters is 1. The zero-order valence-corrected chi connectivity index (χ0v) is 13.9. The Labute approximate surface area is 139 Å². The summed E-state index contributed by atoms with van der Waals surface area (Å²) in [5.74, 6) is -3.19.